The Balaban J connectivity index is 1.66. The number of furan rings is 1. The molecule has 0 saturated heterocycles. The predicted octanol–water partition coefficient (Wildman–Crippen LogP) is 6.86. The molecule has 1 aliphatic heterocycles. The zero-order chi connectivity index (χ0) is 22.8. The number of ketones is 2. The molecule has 2 atom stereocenters. The van der Waals surface area contributed by atoms with Crippen LogP contribution in [0.1, 0.15) is 58.6 Å². The van der Waals surface area contributed by atoms with Crippen molar-refractivity contribution in [2.45, 2.75) is 52.9 Å². The summed E-state index contributed by atoms with van der Waals surface area (Å²) in [6.07, 6.45) is 3.55. The van der Waals surface area contributed by atoms with Crippen LogP contribution in [-0.2, 0) is 14.3 Å². The van der Waals surface area contributed by atoms with Crippen molar-refractivity contribution >= 4 is 23.2 Å². The Labute approximate surface area is 193 Å². The van der Waals surface area contributed by atoms with Crippen molar-refractivity contribution in [3.63, 3.8) is 0 Å². The van der Waals surface area contributed by atoms with Gasteiger partial charge in [0.05, 0.1) is 11.8 Å². The highest BCUT2D eigenvalue weighted by molar-refractivity contribution is 6.30. The first-order chi connectivity index (χ1) is 15.0. The Morgan fingerprint density at radius 3 is 2.50 bits per heavy atom. The molecular weight excluding hydrogens is 424 g/mol. The third kappa shape index (κ3) is 3.65. The summed E-state index contributed by atoms with van der Waals surface area (Å²) in [7, 11) is 0. The molecule has 0 N–H and O–H groups in total. The molecule has 1 aromatic heterocycles. The molecule has 0 saturated carbocycles. The maximum Gasteiger partial charge on any atom is 0.163 e. The van der Waals surface area contributed by atoms with E-state index < -0.39 is 11.8 Å². The zero-order valence-corrected chi connectivity index (χ0v) is 19.6. The summed E-state index contributed by atoms with van der Waals surface area (Å²) in [4.78, 5) is 26.7. The third-order valence-corrected chi connectivity index (χ3v) is 6.86. The highest BCUT2D eigenvalue weighted by Crippen LogP contribution is 2.54. The van der Waals surface area contributed by atoms with Gasteiger partial charge < -0.3 is 9.15 Å². The Bertz CT molecular complexity index is 1190. The molecule has 0 spiro atoms. The number of allylic oxidation sites excluding steroid dienone is 4. The molecule has 5 heteroatoms. The second-order valence-electron chi connectivity index (χ2n) is 10.7. The molecule has 2 aromatic rings. The number of halogens is 1. The second-order valence-corrected chi connectivity index (χ2v) is 11.2. The number of hydrogen-bond donors (Lipinski definition) is 0. The Hall–Kier alpha value is -2.59. The zero-order valence-electron chi connectivity index (χ0n) is 18.8. The van der Waals surface area contributed by atoms with Crippen LogP contribution < -0.4 is 0 Å². The fraction of sp³-hybridized carbons (Fsp3) is 0.407. The number of carbonyl (C=O) groups is 2. The van der Waals surface area contributed by atoms with Gasteiger partial charge in [-0.25, -0.2) is 0 Å². The molecule has 3 aliphatic rings. The van der Waals surface area contributed by atoms with Crippen LogP contribution in [0.15, 0.2) is 64.0 Å². The van der Waals surface area contributed by atoms with Gasteiger partial charge in [0, 0.05) is 35.4 Å². The SMILES string of the molecule is CC1(C)C=C2OC3=C(C(=O)CC(C)(C)C3)[C@@H](c3ccc(-c4cccc(Cl)c4)o3)C2C(=O)C1. The first-order valence-electron chi connectivity index (χ1n) is 11.1. The van der Waals surface area contributed by atoms with Crippen LogP contribution in [0, 0.1) is 16.7 Å². The van der Waals surface area contributed by atoms with Crippen LogP contribution in [0.5, 0.6) is 0 Å². The van der Waals surface area contributed by atoms with E-state index in [2.05, 4.69) is 19.9 Å². The standard InChI is InChI=1S/C27H27ClO4/c1-26(2)11-17(29)23-21(13-26)32-22-14-27(3,4)12-18(30)24(22)25(23)20-9-8-19(31-20)15-6-5-7-16(28)10-15/h5-10,13,23,25H,11-12,14H2,1-4H3/t23?,25-/m0/s1. The van der Waals surface area contributed by atoms with Crippen LogP contribution in [0.4, 0.5) is 0 Å². The maximum atomic E-state index is 13.3. The highest BCUT2D eigenvalue weighted by Gasteiger charge is 2.51. The van der Waals surface area contributed by atoms with Crippen molar-refractivity contribution in [3.8, 4) is 11.3 Å². The quantitative estimate of drug-likeness (QED) is 0.501. The van der Waals surface area contributed by atoms with E-state index in [0.717, 1.165) is 5.56 Å². The lowest BCUT2D eigenvalue weighted by Crippen LogP contribution is -2.41. The molecule has 32 heavy (non-hydrogen) atoms. The molecular formula is C27H27ClO4. The number of fused-ring (bicyclic) bond motifs is 1. The lowest BCUT2D eigenvalue weighted by molar-refractivity contribution is -0.127. The first kappa shape index (κ1) is 21.3. The van der Waals surface area contributed by atoms with Crippen molar-refractivity contribution in [2.24, 2.45) is 16.7 Å². The van der Waals surface area contributed by atoms with Gasteiger partial charge in [0.25, 0.3) is 0 Å². The molecule has 2 heterocycles. The third-order valence-electron chi connectivity index (χ3n) is 6.62. The number of hydrogen-bond acceptors (Lipinski definition) is 4. The monoisotopic (exact) mass is 450 g/mol. The van der Waals surface area contributed by atoms with E-state index in [-0.39, 0.29) is 22.4 Å². The molecule has 166 valence electrons. The van der Waals surface area contributed by atoms with Gasteiger partial charge in [0.2, 0.25) is 0 Å². The summed E-state index contributed by atoms with van der Waals surface area (Å²) in [5, 5.41) is 0.621. The van der Waals surface area contributed by atoms with Crippen molar-refractivity contribution < 1.29 is 18.7 Å². The van der Waals surface area contributed by atoms with E-state index in [1.54, 1.807) is 0 Å². The number of rotatable bonds is 2. The van der Waals surface area contributed by atoms with Crippen LogP contribution >= 0.6 is 11.6 Å². The van der Waals surface area contributed by atoms with Crippen LogP contribution in [0.2, 0.25) is 5.02 Å². The van der Waals surface area contributed by atoms with Crippen LogP contribution in [0.25, 0.3) is 11.3 Å². The molecule has 0 radical (unpaired) electrons. The molecule has 0 bridgehead atoms. The summed E-state index contributed by atoms with van der Waals surface area (Å²) in [5.74, 6) is 1.74. The molecule has 0 amide bonds. The second kappa shape index (κ2) is 7.21. The summed E-state index contributed by atoms with van der Waals surface area (Å²) in [5.41, 5.74) is 0.992. The number of benzene rings is 1. The van der Waals surface area contributed by atoms with Gasteiger partial charge in [-0.05, 0) is 41.2 Å². The van der Waals surface area contributed by atoms with Gasteiger partial charge in [-0.1, -0.05) is 51.4 Å². The predicted molar refractivity (Wildman–Crippen MR) is 123 cm³/mol. The van der Waals surface area contributed by atoms with Crippen molar-refractivity contribution in [1.29, 1.82) is 0 Å². The largest absolute Gasteiger partial charge is 0.465 e. The van der Waals surface area contributed by atoms with E-state index in [0.29, 0.717) is 52.9 Å². The number of Topliss-reactive ketones (excluding diaryl/α,β-unsaturated/α-hetero) is 2. The molecule has 1 aromatic carbocycles. The Morgan fingerprint density at radius 1 is 0.969 bits per heavy atom. The van der Waals surface area contributed by atoms with Gasteiger partial charge in [-0.3, -0.25) is 9.59 Å². The van der Waals surface area contributed by atoms with Gasteiger partial charge in [0.15, 0.2) is 5.78 Å². The summed E-state index contributed by atoms with van der Waals surface area (Å²) in [6.45, 7) is 8.23. The topological polar surface area (TPSA) is 56.5 Å². The fourth-order valence-corrected chi connectivity index (χ4v) is 5.53. The smallest absolute Gasteiger partial charge is 0.163 e. The van der Waals surface area contributed by atoms with Crippen molar-refractivity contribution in [3.05, 3.63) is 70.3 Å². The molecule has 4 nitrogen and oxygen atoms in total. The maximum absolute atomic E-state index is 13.3. The van der Waals surface area contributed by atoms with Gasteiger partial charge in [-0.15, -0.1) is 0 Å². The van der Waals surface area contributed by atoms with Gasteiger partial charge in [-0.2, -0.15) is 0 Å². The van der Waals surface area contributed by atoms with Crippen LogP contribution in [-0.4, -0.2) is 11.6 Å². The van der Waals surface area contributed by atoms with E-state index >= 15 is 0 Å². The number of carbonyl (C=O) groups excluding carboxylic acids is 2. The molecule has 1 unspecified atom stereocenters. The van der Waals surface area contributed by atoms with Crippen LogP contribution in [0.3, 0.4) is 0 Å². The van der Waals surface area contributed by atoms with E-state index in [4.69, 9.17) is 20.8 Å². The Kier molecular flexibility index (Phi) is 4.79. The van der Waals surface area contributed by atoms with E-state index in [1.165, 1.54) is 0 Å². The summed E-state index contributed by atoms with van der Waals surface area (Å²) >= 11 is 6.16. The molecule has 0 fully saturated rings. The molecule has 5 rings (SSSR count). The van der Waals surface area contributed by atoms with Crippen molar-refractivity contribution in [2.75, 3.05) is 0 Å². The van der Waals surface area contributed by atoms with Gasteiger partial charge >= 0.3 is 0 Å². The minimum Gasteiger partial charge on any atom is -0.465 e. The van der Waals surface area contributed by atoms with E-state index in [9.17, 15) is 9.59 Å². The first-order valence-corrected chi connectivity index (χ1v) is 11.5. The van der Waals surface area contributed by atoms with E-state index in [1.807, 2.05) is 50.2 Å². The minimum atomic E-state index is -0.537. The number of ether oxygens (including phenoxy) is 1. The average molecular weight is 451 g/mol. The minimum absolute atomic E-state index is 0.0404. The normalized spacial score (nSPS) is 26.2. The Morgan fingerprint density at radius 2 is 1.75 bits per heavy atom. The summed E-state index contributed by atoms with van der Waals surface area (Å²) in [6, 6.07) is 11.2. The average Bonchev–Trinajstić information content (AvgIpc) is 3.14. The highest BCUT2D eigenvalue weighted by atomic mass is 35.5. The van der Waals surface area contributed by atoms with Crippen molar-refractivity contribution in [1.82, 2.24) is 0 Å². The summed E-state index contributed by atoms with van der Waals surface area (Å²) < 4.78 is 12.6. The lowest BCUT2D eigenvalue weighted by atomic mass is 9.65. The lowest BCUT2D eigenvalue weighted by Gasteiger charge is -2.43. The van der Waals surface area contributed by atoms with Gasteiger partial charge in [0.1, 0.15) is 28.8 Å². The fourth-order valence-electron chi connectivity index (χ4n) is 5.33. The molecule has 2 aliphatic carbocycles.